The number of hydrogen-bond acceptors (Lipinski definition) is 7. The van der Waals surface area contributed by atoms with Crippen LogP contribution in [-0.2, 0) is 30.8 Å². The van der Waals surface area contributed by atoms with Crippen molar-refractivity contribution in [2.24, 2.45) is 0 Å². The molecule has 1 N–H and O–H groups in total. The van der Waals surface area contributed by atoms with Crippen molar-refractivity contribution in [3.63, 3.8) is 0 Å². The van der Waals surface area contributed by atoms with Gasteiger partial charge in [0, 0.05) is 24.2 Å². The monoisotopic (exact) mass is 457 g/mol. The van der Waals surface area contributed by atoms with Gasteiger partial charge in [-0.2, -0.15) is 4.31 Å². The molecule has 1 amide bonds. The maximum Gasteiger partial charge on any atom is 0.311 e. The van der Waals surface area contributed by atoms with E-state index < -0.39 is 28.5 Å². The number of ether oxygens (including phenoxy) is 1. The molecule has 2 aromatic heterocycles. The van der Waals surface area contributed by atoms with E-state index in [4.69, 9.17) is 16.3 Å². The summed E-state index contributed by atoms with van der Waals surface area (Å²) < 4.78 is 32.0. The molecule has 0 spiro atoms. The van der Waals surface area contributed by atoms with Crippen LogP contribution in [0.5, 0.6) is 0 Å². The summed E-state index contributed by atoms with van der Waals surface area (Å²) in [6.07, 6.45) is 4.03. The number of anilines is 1. The lowest BCUT2D eigenvalue weighted by atomic mass is 10.2. The van der Waals surface area contributed by atoms with E-state index in [1.807, 2.05) is 0 Å². The summed E-state index contributed by atoms with van der Waals surface area (Å²) in [7, 11) is -3.52. The van der Waals surface area contributed by atoms with Gasteiger partial charge in [-0.1, -0.05) is 18.0 Å². The molecule has 0 bridgehead atoms. The van der Waals surface area contributed by atoms with Gasteiger partial charge in [0.15, 0.2) is 6.61 Å². The minimum Gasteiger partial charge on any atom is -0.455 e. The maximum atomic E-state index is 12.6. The predicted octanol–water partition coefficient (Wildman–Crippen LogP) is 2.70. The van der Waals surface area contributed by atoms with Crippen LogP contribution in [0.4, 0.5) is 5.82 Å². The van der Waals surface area contributed by atoms with E-state index in [0.717, 1.165) is 30.6 Å². The second kappa shape index (κ2) is 9.66. The van der Waals surface area contributed by atoms with E-state index in [0.29, 0.717) is 28.8 Å². The van der Waals surface area contributed by atoms with Crippen molar-refractivity contribution in [2.45, 2.75) is 29.9 Å². The zero-order valence-corrected chi connectivity index (χ0v) is 17.9. The van der Waals surface area contributed by atoms with Crippen LogP contribution >= 0.6 is 22.9 Å². The first-order valence-corrected chi connectivity index (χ1v) is 11.6. The molecule has 3 rings (SSSR count). The lowest BCUT2D eigenvalue weighted by Crippen LogP contribution is -2.35. The summed E-state index contributed by atoms with van der Waals surface area (Å²) in [5.74, 6) is -0.859. The zero-order chi connectivity index (χ0) is 20.9. The fourth-order valence-electron chi connectivity index (χ4n) is 2.79. The van der Waals surface area contributed by atoms with Gasteiger partial charge in [0.05, 0.1) is 11.4 Å². The summed E-state index contributed by atoms with van der Waals surface area (Å²) in [4.78, 5) is 28.3. The van der Waals surface area contributed by atoms with Gasteiger partial charge in [-0.15, -0.1) is 11.3 Å². The molecule has 29 heavy (non-hydrogen) atoms. The van der Waals surface area contributed by atoms with Gasteiger partial charge in [-0.3, -0.25) is 9.59 Å². The molecule has 156 valence electrons. The average Bonchev–Trinajstić information content (AvgIpc) is 3.18. The number of thiophene rings is 1. The van der Waals surface area contributed by atoms with Gasteiger partial charge in [0.2, 0.25) is 0 Å². The molecule has 8 nitrogen and oxygen atoms in total. The number of amides is 1. The predicted molar refractivity (Wildman–Crippen MR) is 109 cm³/mol. The first-order chi connectivity index (χ1) is 13.8. The number of rotatable bonds is 7. The Bertz CT molecular complexity index is 970. The Kier molecular flexibility index (Phi) is 7.23. The van der Waals surface area contributed by atoms with Gasteiger partial charge in [-0.25, -0.2) is 13.4 Å². The number of carbonyl (C=O) groups is 2. The SMILES string of the molecule is O=C(COC(=O)Cc1ccc(S(=O)(=O)N2CCCCC2)s1)Nc1ccc(Cl)cn1. The van der Waals surface area contributed by atoms with Crippen LogP contribution in [0, 0.1) is 0 Å². The number of piperidine rings is 1. The summed E-state index contributed by atoms with van der Waals surface area (Å²) in [5.41, 5.74) is 0. The number of sulfonamides is 1. The minimum absolute atomic E-state index is 0.105. The number of halogens is 1. The highest BCUT2D eigenvalue weighted by molar-refractivity contribution is 7.91. The summed E-state index contributed by atoms with van der Waals surface area (Å²) in [6.45, 7) is 0.581. The van der Waals surface area contributed by atoms with Crippen molar-refractivity contribution in [3.05, 3.63) is 40.4 Å². The van der Waals surface area contributed by atoms with E-state index in [9.17, 15) is 18.0 Å². The molecule has 1 fully saturated rings. The number of esters is 1. The molecule has 2 aromatic rings. The fourth-order valence-corrected chi connectivity index (χ4v) is 5.92. The largest absolute Gasteiger partial charge is 0.455 e. The number of hydrogen-bond donors (Lipinski definition) is 1. The van der Waals surface area contributed by atoms with E-state index in [-0.39, 0.29) is 10.6 Å². The Morgan fingerprint density at radius 2 is 1.93 bits per heavy atom. The molecule has 0 atom stereocenters. The first kappa shape index (κ1) is 21.7. The highest BCUT2D eigenvalue weighted by Gasteiger charge is 2.27. The van der Waals surface area contributed by atoms with E-state index in [1.165, 1.54) is 22.6 Å². The Morgan fingerprint density at radius 3 is 2.62 bits per heavy atom. The molecule has 0 saturated carbocycles. The topological polar surface area (TPSA) is 106 Å². The molecule has 1 saturated heterocycles. The van der Waals surface area contributed by atoms with Gasteiger partial charge in [0.1, 0.15) is 10.0 Å². The van der Waals surface area contributed by atoms with E-state index in [2.05, 4.69) is 10.3 Å². The van der Waals surface area contributed by atoms with Crippen molar-refractivity contribution < 1.29 is 22.7 Å². The van der Waals surface area contributed by atoms with Crippen molar-refractivity contribution in [2.75, 3.05) is 25.0 Å². The lowest BCUT2D eigenvalue weighted by Gasteiger charge is -2.25. The summed E-state index contributed by atoms with van der Waals surface area (Å²) in [5, 5.41) is 2.92. The maximum absolute atomic E-state index is 12.6. The molecule has 1 aliphatic rings. The number of aromatic nitrogens is 1. The quantitative estimate of drug-likeness (QED) is 0.641. The summed E-state index contributed by atoms with van der Waals surface area (Å²) in [6, 6.07) is 6.21. The fraction of sp³-hybridized carbons (Fsp3) is 0.389. The zero-order valence-electron chi connectivity index (χ0n) is 15.5. The van der Waals surface area contributed by atoms with Crippen molar-refractivity contribution in [1.29, 1.82) is 0 Å². The molecule has 0 aliphatic carbocycles. The normalized spacial score (nSPS) is 15.1. The Hall–Kier alpha value is -2.01. The van der Waals surface area contributed by atoms with E-state index in [1.54, 1.807) is 12.1 Å². The number of nitrogens with one attached hydrogen (secondary N) is 1. The van der Waals surface area contributed by atoms with E-state index >= 15 is 0 Å². The minimum atomic E-state index is -3.52. The number of pyridine rings is 1. The van der Waals surface area contributed by atoms with Gasteiger partial charge >= 0.3 is 5.97 Å². The Morgan fingerprint density at radius 1 is 1.17 bits per heavy atom. The van der Waals surface area contributed by atoms with Gasteiger partial charge in [0.25, 0.3) is 15.9 Å². The average molecular weight is 458 g/mol. The Labute approximate surface area is 177 Å². The van der Waals surface area contributed by atoms with Crippen molar-refractivity contribution in [1.82, 2.24) is 9.29 Å². The molecule has 3 heterocycles. The first-order valence-electron chi connectivity index (χ1n) is 9.00. The van der Waals surface area contributed by atoms with Crippen LogP contribution in [-0.4, -0.2) is 49.3 Å². The van der Waals surface area contributed by atoms with Crippen molar-refractivity contribution in [3.8, 4) is 0 Å². The molecule has 0 unspecified atom stereocenters. The standard InChI is InChI=1S/C18H20ClN3O5S2/c19-13-4-6-15(20-11-13)21-16(23)12-27-17(24)10-14-5-7-18(28-14)29(25,26)22-8-2-1-3-9-22/h4-7,11H,1-3,8-10,12H2,(H,20,21,23). The third-order valence-corrected chi connectivity index (χ3v) is 7.90. The number of carbonyl (C=O) groups excluding carboxylic acids is 2. The number of nitrogens with zero attached hydrogens (tertiary/aromatic N) is 2. The molecule has 1 aliphatic heterocycles. The van der Waals surface area contributed by atoms with Gasteiger partial charge in [-0.05, 0) is 37.1 Å². The summed E-state index contributed by atoms with van der Waals surface area (Å²) >= 11 is 6.76. The van der Waals surface area contributed by atoms with Crippen LogP contribution in [0.2, 0.25) is 5.02 Å². The van der Waals surface area contributed by atoms with Crippen LogP contribution < -0.4 is 5.32 Å². The molecular weight excluding hydrogens is 438 g/mol. The van der Waals surface area contributed by atoms with Crippen LogP contribution in [0.25, 0.3) is 0 Å². The molecular formula is C18H20ClN3O5S2. The third-order valence-electron chi connectivity index (χ3n) is 4.22. The highest BCUT2D eigenvalue weighted by atomic mass is 35.5. The lowest BCUT2D eigenvalue weighted by molar-refractivity contribution is -0.146. The van der Waals surface area contributed by atoms with Gasteiger partial charge < -0.3 is 10.1 Å². The molecule has 0 aromatic carbocycles. The third kappa shape index (κ3) is 5.99. The van der Waals surface area contributed by atoms with Crippen molar-refractivity contribution >= 4 is 50.7 Å². The second-order valence-corrected chi connectivity index (χ2v) is 10.2. The smallest absolute Gasteiger partial charge is 0.311 e. The molecule has 11 heteroatoms. The molecule has 0 radical (unpaired) electrons. The second-order valence-electron chi connectivity index (χ2n) is 6.43. The highest BCUT2D eigenvalue weighted by Crippen LogP contribution is 2.27. The van der Waals surface area contributed by atoms with Crippen LogP contribution in [0.1, 0.15) is 24.1 Å². The Balaban J connectivity index is 1.49. The van der Waals surface area contributed by atoms with Crippen LogP contribution in [0.15, 0.2) is 34.7 Å². The van der Waals surface area contributed by atoms with Crippen LogP contribution in [0.3, 0.4) is 0 Å².